The molecule has 0 radical (unpaired) electrons. The van der Waals surface area contributed by atoms with Crippen LogP contribution in [0.5, 0.6) is 11.5 Å². The highest BCUT2D eigenvalue weighted by Crippen LogP contribution is 2.40. The van der Waals surface area contributed by atoms with E-state index in [1.807, 2.05) is 37.8 Å². The zero-order chi connectivity index (χ0) is 33.8. The normalized spacial score (nSPS) is 15.3. The molecular weight excluding hydrogens is 612 g/mol. The maximum Gasteiger partial charge on any atom is 0.323 e. The fourth-order valence-electron chi connectivity index (χ4n) is 5.56. The third-order valence-electron chi connectivity index (χ3n) is 8.08. The van der Waals surface area contributed by atoms with Gasteiger partial charge in [-0.1, -0.05) is 20.8 Å². The first-order valence-electron chi connectivity index (χ1n) is 15.3. The number of urea groups is 1. The number of hydrogen-bond acceptors (Lipinski definition) is 8. The van der Waals surface area contributed by atoms with Gasteiger partial charge in [0.15, 0.2) is 5.75 Å². The van der Waals surface area contributed by atoms with E-state index in [4.69, 9.17) is 9.47 Å². The predicted octanol–water partition coefficient (Wildman–Crippen LogP) is 3.11. The summed E-state index contributed by atoms with van der Waals surface area (Å²) in [5, 5.41) is 5.80. The molecule has 0 bridgehead atoms. The van der Waals surface area contributed by atoms with Crippen LogP contribution in [0.1, 0.15) is 43.9 Å². The number of nitrogens with zero attached hydrogens (tertiary/aromatic N) is 3. The maximum atomic E-state index is 13.3. The monoisotopic (exact) mass is 658 g/mol. The van der Waals surface area contributed by atoms with E-state index < -0.39 is 16.1 Å². The van der Waals surface area contributed by atoms with Gasteiger partial charge in [0.25, 0.3) is 0 Å². The van der Waals surface area contributed by atoms with Crippen LogP contribution in [0.2, 0.25) is 0 Å². The summed E-state index contributed by atoms with van der Waals surface area (Å²) >= 11 is 0. The number of fused-ring (bicyclic) bond motifs is 1. The second-order valence-corrected chi connectivity index (χ2v) is 14.7. The van der Waals surface area contributed by atoms with E-state index in [1.54, 1.807) is 31.1 Å². The zero-order valence-corrected chi connectivity index (χ0v) is 28.6. The van der Waals surface area contributed by atoms with Gasteiger partial charge >= 0.3 is 6.03 Å². The molecule has 2 aliphatic rings. The highest BCUT2D eigenvalue weighted by Gasteiger charge is 2.27. The molecule has 0 unspecified atom stereocenters. The average molecular weight is 659 g/mol. The first-order chi connectivity index (χ1) is 21.6. The number of hydrogen-bond donors (Lipinski definition) is 3. The Morgan fingerprint density at radius 3 is 2.30 bits per heavy atom. The summed E-state index contributed by atoms with van der Waals surface area (Å²) in [6.45, 7) is 8.46. The Labute approximate surface area is 271 Å². The van der Waals surface area contributed by atoms with E-state index in [9.17, 15) is 22.8 Å². The molecule has 1 aliphatic heterocycles. The van der Waals surface area contributed by atoms with Gasteiger partial charge in [-0.05, 0) is 65.6 Å². The standard InChI is InChI=1S/C32H46N6O7S/c1-32(2,3)21-17-25(30(44-6)26(18-21)35-46(7,42)43)34-31(41)33-24-11-12-27(23-10-8-9-22(23)24)45-16-15-37-13-14-38(29(40)19-37)20-28(39)36(4)5/h11-12,17-18,35H,8-10,13-16,19-20H2,1-7H3,(H2,33,34,41). The first kappa shape index (κ1) is 34.8. The zero-order valence-electron chi connectivity index (χ0n) is 27.8. The lowest BCUT2D eigenvalue weighted by Gasteiger charge is -2.34. The van der Waals surface area contributed by atoms with E-state index in [0.717, 1.165) is 48.0 Å². The Kier molecular flexibility index (Phi) is 10.7. The number of methoxy groups -OCH3 is 1. The maximum absolute atomic E-state index is 13.3. The second kappa shape index (κ2) is 14.2. The highest BCUT2D eigenvalue weighted by atomic mass is 32.2. The van der Waals surface area contributed by atoms with Crippen molar-refractivity contribution in [3.05, 3.63) is 41.0 Å². The molecule has 14 heteroatoms. The number of amides is 4. The molecule has 3 N–H and O–H groups in total. The molecule has 0 saturated carbocycles. The van der Waals surface area contributed by atoms with Crippen molar-refractivity contribution in [1.82, 2.24) is 14.7 Å². The molecule has 46 heavy (non-hydrogen) atoms. The minimum absolute atomic E-state index is 0.0679. The van der Waals surface area contributed by atoms with Gasteiger partial charge in [0.2, 0.25) is 21.8 Å². The van der Waals surface area contributed by atoms with Crippen molar-refractivity contribution >= 4 is 44.9 Å². The third kappa shape index (κ3) is 8.81. The van der Waals surface area contributed by atoms with Gasteiger partial charge in [0.1, 0.15) is 12.4 Å². The van der Waals surface area contributed by atoms with Crippen molar-refractivity contribution in [1.29, 1.82) is 0 Å². The van der Waals surface area contributed by atoms with Crippen molar-refractivity contribution in [3.63, 3.8) is 0 Å². The molecule has 13 nitrogen and oxygen atoms in total. The van der Waals surface area contributed by atoms with Crippen LogP contribution in [0.25, 0.3) is 0 Å². The Morgan fingerprint density at radius 2 is 1.67 bits per heavy atom. The fourth-order valence-corrected chi connectivity index (χ4v) is 6.11. The van der Waals surface area contributed by atoms with Gasteiger partial charge in [0.05, 0.1) is 37.8 Å². The molecule has 252 valence electrons. The predicted molar refractivity (Wildman–Crippen MR) is 178 cm³/mol. The van der Waals surface area contributed by atoms with Gasteiger partial charge in [-0.15, -0.1) is 0 Å². The largest absolute Gasteiger partial charge is 0.492 e. The summed E-state index contributed by atoms with van der Waals surface area (Å²) in [5.74, 6) is 0.797. The number of nitrogens with one attached hydrogen (secondary N) is 3. The number of ether oxygens (including phenoxy) is 2. The smallest absolute Gasteiger partial charge is 0.323 e. The molecule has 0 aromatic heterocycles. The molecule has 4 amide bonds. The summed E-state index contributed by atoms with van der Waals surface area (Å²) in [4.78, 5) is 42.9. The van der Waals surface area contributed by atoms with Crippen LogP contribution < -0.4 is 24.8 Å². The minimum Gasteiger partial charge on any atom is -0.492 e. The Bertz CT molecular complexity index is 1590. The SMILES string of the molecule is COc1c(NC(=O)Nc2ccc(OCCN3CCN(CC(=O)N(C)C)C(=O)C3)c3c2CCC3)cc(C(C)(C)C)cc1NS(C)(=O)=O. The van der Waals surface area contributed by atoms with Crippen molar-refractivity contribution in [2.75, 3.05) is 82.1 Å². The first-order valence-corrected chi connectivity index (χ1v) is 17.2. The highest BCUT2D eigenvalue weighted by molar-refractivity contribution is 7.92. The van der Waals surface area contributed by atoms with E-state index in [-0.39, 0.29) is 41.8 Å². The molecule has 2 aromatic rings. The number of carbonyl (C=O) groups excluding carboxylic acids is 3. The van der Waals surface area contributed by atoms with E-state index in [1.165, 1.54) is 12.0 Å². The molecule has 1 fully saturated rings. The second-order valence-electron chi connectivity index (χ2n) is 13.0. The molecule has 0 atom stereocenters. The molecule has 2 aromatic carbocycles. The number of sulfonamides is 1. The van der Waals surface area contributed by atoms with Crippen LogP contribution in [-0.4, -0.2) is 108 Å². The van der Waals surface area contributed by atoms with Crippen molar-refractivity contribution in [2.24, 2.45) is 0 Å². The molecule has 0 spiro atoms. The third-order valence-corrected chi connectivity index (χ3v) is 8.67. The van der Waals surface area contributed by atoms with E-state index >= 15 is 0 Å². The van der Waals surface area contributed by atoms with Crippen molar-refractivity contribution in [3.8, 4) is 11.5 Å². The lowest BCUT2D eigenvalue weighted by molar-refractivity contribution is -0.142. The molecule has 1 aliphatic carbocycles. The number of anilines is 3. The summed E-state index contributed by atoms with van der Waals surface area (Å²) in [7, 11) is 1.17. The van der Waals surface area contributed by atoms with Gasteiger partial charge in [-0.3, -0.25) is 19.2 Å². The van der Waals surface area contributed by atoms with E-state index in [0.29, 0.717) is 37.6 Å². The number of rotatable bonds is 11. The quantitative estimate of drug-likeness (QED) is 0.334. The van der Waals surface area contributed by atoms with Crippen LogP contribution >= 0.6 is 0 Å². The summed E-state index contributed by atoms with van der Waals surface area (Å²) in [6, 6.07) is 6.67. The number of carbonyl (C=O) groups is 3. The van der Waals surface area contributed by atoms with Crippen LogP contribution in [0, 0.1) is 0 Å². The summed E-state index contributed by atoms with van der Waals surface area (Å²) in [5.41, 5.74) is 3.78. The van der Waals surface area contributed by atoms with E-state index in [2.05, 4.69) is 15.4 Å². The lowest BCUT2D eigenvalue weighted by Crippen LogP contribution is -2.53. The van der Waals surface area contributed by atoms with Crippen LogP contribution in [0.4, 0.5) is 21.9 Å². The van der Waals surface area contributed by atoms with Gasteiger partial charge < -0.3 is 29.9 Å². The van der Waals surface area contributed by atoms with Gasteiger partial charge in [0, 0.05) is 39.4 Å². The van der Waals surface area contributed by atoms with Crippen molar-refractivity contribution < 1.29 is 32.3 Å². The summed E-state index contributed by atoms with van der Waals surface area (Å²) < 4.78 is 38.3. The van der Waals surface area contributed by atoms with Gasteiger partial charge in [-0.2, -0.15) is 0 Å². The van der Waals surface area contributed by atoms with Crippen LogP contribution in [-0.2, 0) is 37.9 Å². The molecule has 1 heterocycles. The van der Waals surface area contributed by atoms with Crippen LogP contribution in [0.15, 0.2) is 24.3 Å². The number of likely N-dealkylation sites (N-methyl/N-ethyl adjacent to an activating group) is 1. The minimum atomic E-state index is -3.60. The Morgan fingerprint density at radius 1 is 1.00 bits per heavy atom. The summed E-state index contributed by atoms with van der Waals surface area (Å²) in [6.07, 6.45) is 3.59. The van der Waals surface area contributed by atoms with Crippen LogP contribution in [0.3, 0.4) is 0 Å². The Balaban J connectivity index is 1.41. The number of piperazine rings is 1. The fraction of sp³-hybridized carbons (Fsp3) is 0.531. The average Bonchev–Trinajstić information content (AvgIpc) is 3.45. The number of benzene rings is 2. The molecule has 1 saturated heterocycles. The lowest BCUT2D eigenvalue weighted by atomic mass is 9.86. The molecular formula is C32H46N6O7S. The van der Waals surface area contributed by atoms with Gasteiger partial charge in [-0.25, -0.2) is 13.2 Å². The topological polar surface area (TPSA) is 150 Å². The molecule has 4 rings (SSSR count). The Hall–Kier alpha value is -4.04. The van der Waals surface area contributed by atoms with Crippen molar-refractivity contribution in [2.45, 2.75) is 45.4 Å².